The van der Waals surface area contributed by atoms with E-state index in [-0.39, 0.29) is 0 Å². The molecule has 0 saturated heterocycles. The molecule has 1 aromatic carbocycles. The molecule has 2 aromatic rings. The van der Waals surface area contributed by atoms with Gasteiger partial charge in [0.25, 0.3) is 0 Å². The molecule has 1 N–H and O–H groups in total. The van der Waals surface area contributed by atoms with Gasteiger partial charge in [0.2, 0.25) is 0 Å². The van der Waals surface area contributed by atoms with Crippen LogP contribution in [0.25, 0.3) is 10.1 Å². The van der Waals surface area contributed by atoms with Gasteiger partial charge in [-0.15, -0.1) is 11.3 Å². The third-order valence-electron chi connectivity index (χ3n) is 2.90. The summed E-state index contributed by atoms with van der Waals surface area (Å²) in [5.41, 5.74) is 1.51. The van der Waals surface area contributed by atoms with E-state index in [2.05, 4.69) is 53.3 Å². The number of hydrogen-bond donors (Lipinski definition) is 1. The van der Waals surface area contributed by atoms with Crippen molar-refractivity contribution in [2.75, 3.05) is 6.54 Å². The molecule has 92 valence electrons. The van der Waals surface area contributed by atoms with Crippen molar-refractivity contribution in [1.29, 1.82) is 0 Å². The first-order valence-electron chi connectivity index (χ1n) is 6.16. The van der Waals surface area contributed by atoms with Gasteiger partial charge in [0.05, 0.1) is 0 Å². The van der Waals surface area contributed by atoms with Gasteiger partial charge in [-0.1, -0.05) is 29.8 Å². The molecule has 0 atom stereocenters. The summed E-state index contributed by atoms with van der Waals surface area (Å²) in [5.74, 6) is 0. The third-order valence-corrected chi connectivity index (χ3v) is 4.61. The molecule has 1 heterocycles. The zero-order chi connectivity index (χ0) is 12.3. The first-order chi connectivity index (χ1) is 8.26. The minimum Gasteiger partial charge on any atom is -0.312 e. The monoisotopic (exact) mass is 311 g/mol. The lowest BCUT2D eigenvalue weighted by molar-refractivity contribution is 0.679. The largest absolute Gasteiger partial charge is 0.312 e. The fourth-order valence-electron chi connectivity index (χ4n) is 2.08. The first-order valence-corrected chi connectivity index (χ1v) is 7.77. The van der Waals surface area contributed by atoms with Crippen molar-refractivity contribution >= 4 is 37.4 Å². The summed E-state index contributed by atoms with van der Waals surface area (Å²) in [6.07, 6.45) is 2.30. The van der Waals surface area contributed by atoms with Gasteiger partial charge in [0.15, 0.2) is 0 Å². The summed E-state index contributed by atoms with van der Waals surface area (Å²) < 4.78 is 2.57. The van der Waals surface area contributed by atoms with Crippen molar-refractivity contribution in [2.45, 2.75) is 33.2 Å². The Balaban J connectivity index is 2.35. The van der Waals surface area contributed by atoms with Crippen LogP contribution < -0.4 is 5.32 Å². The molecule has 0 spiro atoms. The third kappa shape index (κ3) is 2.90. The van der Waals surface area contributed by atoms with Gasteiger partial charge < -0.3 is 5.32 Å². The molecule has 2 rings (SSSR count). The maximum absolute atomic E-state index is 3.56. The zero-order valence-corrected chi connectivity index (χ0v) is 12.7. The molecule has 0 aliphatic rings. The molecular formula is C14H18BrNS. The molecule has 0 fully saturated rings. The van der Waals surface area contributed by atoms with Crippen LogP contribution in [0.2, 0.25) is 0 Å². The SMILES string of the molecule is CCCNCc1sc2ccc(Br)cc2c1CC. The Morgan fingerprint density at radius 1 is 1.29 bits per heavy atom. The second kappa shape index (κ2) is 5.98. The highest BCUT2D eigenvalue weighted by Crippen LogP contribution is 2.33. The van der Waals surface area contributed by atoms with Gasteiger partial charge >= 0.3 is 0 Å². The number of fused-ring (bicyclic) bond motifs is 1. The molecule has 0 amide bonds. The molecule has 0 aliphatic carbocycles. The van der Waals surface area contributed by atoms with Crippen molar-refractivity contribution in [3.05, 3.63) is 33.1 Å². The Hall–Kier alpha value is -0.380. The highest BCUT2D eigenvalue weighted by molar-refractivity contribution is 9.10. The molecule has 3 heteroatoms. The molecule has 0 aliphatic heterocycles. The molecule has 1 aromatic heterocycles. The van der Waals surface area contributed by atoms with Crippen molar-refractivity contribution in [3.63, 3.8) is 0 Å². The molecule has 0 unspecified atom stereocenters. The van der Waals surface area contributed by atoms with E-state index >= 15 is 0 Å². The maximum atomic E-state index is 3.56. The number of rotatable bonds is 5. The predicted molar refractivity (Wildman–Crippen MR) is 80.9 cm³/mol. The van der Waals surface area contributed by atoms with Crippen LogP contribution in [0, 0.1) is 0 Å². The predicted octanol–water partition coefficient (Wildman–Crippen LogP) is 4.73. The van der Waals surface area contributed by atoms with Gasteiger partial charge in [0.1, 0.15) is 0 Å². The van der Waals surface area contributed by atoms with Crippen molar-refractivity contribution in [3.8, 4) is 0 Å². The Labute approximate surface area is 115 Å². The summed E-state index contributed by atoms with van der Waals surface area (Å²) in [7, 11) is 0. The van der Waals surface area contributed by atoms with E-state index in [1.54, 1.807) is 0 Å². The van der Waals surface area contributed by atoms with E-state index in [0.29, 0.717) is 0 Å². The zero-order valence-electron chi connectivity index (χ0n) is 10.3. The van der Waals surface area contributed by atoms with E-state index in [4.69, 9.17) is 0 Å². The summed E-state index contributed by atoms with van der Waals surface area (Å²) in [4.78, 5) is 1.49. The minimum absolute atomic E-state index is 1.01. The van der Waals surface area contributed by atoms with Crippen LogP contribution in [0.4, 0.5) is 0 Å². The standard InChI is InChI=1S/C14H18BrNS/c1-3-7-16-9-14-11(4-2)12-8-10(15)5-6-13(12)17-14/h5-6,8,16H,3-4,7,9H2,1-2H3. The fraction of sp³-hybridized carbons (Fsp3) is 0.429. The summed E-state index contributed by atoms with van der Waals surface area (Å²) in [5, 5.41) is 4.92. The topological polar surface area (TPSA) is 12.0 Å². The van der Waals surface area contributed by atoms with E-state index in [1.165, 1.54) is 31.4 Å². The van der Waals surface area contributed by atoms with Crippen LogP contribution in [0.15, 0.2) is 22.7 Å². The normalized spacial score (nSPS) is 11.2. The lowest BCUT2D eigenvalue weighted by Crippen LogP contribution is -2.13. The van der Waals surface area contributed by atoms with E-state index in [1.807, 2.05) is 11.3 Å². The first kappa shape index (κ1) is 13.1. The minimum atomic E-state index is 1.01. The Kier molecular flexibility index (Phi) is 4.60. The van der Waals surface area contributed by atoms with Crippen molar-refractivity contribution in [1.82, 2.24) is 5.32 Å². The van der Waals surface area contributed by atoms with Crippen LogP contribution in [0.5, 0.6) is 0 Å². The molecular weight excluding hydrogens is 294 g/mol. The Morgan fingerprint density at radius 2 is 2.12 bits per heavy atom. The summed E-state index contributed by atoms with van der Waals surface area (Å²) in [6.45, 7) is 6.55. The number of benzene rings is 1. The summed E-state index contributed by atoms with van der Waals surface area (Å²) in [6, 6.07) is 6.59. The Morgan fingerprint density at radius 3 is 2.82 bits per heavy atom. The second-order valence-electron chi connectivity index (χ2n) is 4.17. The molecule has 17 heavy (non-hydrogen) atoms. The lowest BCUT2D eigenvalue weighted by Gasteiger charge is -2.03. The smallest absolute Gasteiger partial charge is 0.0349 e. The van der Waals surface area contributed by atoms with Crippen molar-refractivity contribution in [2.24, 2.45) is 0 Å². The highest BCUT2D eigenvalue weighted by Gasteiger charge is 2.10. The maximum Gasteiger partial charge on any atom is 0.0349 e. The fourth-order valence-corrected chi connectivity index (χ4v) is 3.69. The molecule has 0 bridgehead atoms. The number of halogens is 1. The number of hydrogen-bond acceptors (Lipinski definition) is 2. The van der Waals surface area contributed by atoms with Crippen LogP contribution in [-0.2, 0) is 13.0 Å². The Bertz CT molecular complexity index is 504. The highest BCUT2D eigenvalue weighted by atomic mass is 79.9. The molecule has 0 radical (unpaired) electrons. The van der Waals surface area contributed by atoms with E-state index < -0.39 is 0 Å². The number of thiophene rings is 1. The average molecular weight is 312 g/mol. The van der Waals surface area contributed by atoms with Gasteiger partial charge in [-0.05, 0) is 48.5 Å². The van der Waals surface area contributed by atoms with Crippen LogP contribution in [0.1, 0.15) is 30.7 Å². The van der Waals surface area contributed by atoms with Gasteiger partial charge in [-0.25, -0.2) is 0 Å². The van der Waals surface area contributed by atoms with E-state index in [0.717, 1.165) is 19.5 Å². The molecule has 0 saturated carbocycles. The number of aryl methyl sites for hydroxylation is 1. The average Bonchev–Trinajstić information content (AvgIpc) is 2.66. The van der Waals surface area contributed by atoms with Gasteiger partial charge in [-0.3, -0.25) is 0 Å². The van der Waals surface area contributed by atoms with E-state index in [9.17, 15) is 0 Å². The van der Waals surface area contributed by atoms with Crippen LogP contribution in [0.3, 0.4) is 0 Å². The number of nitrogens with one attached hydrogen (secondary N) is 1. The quantitative estimate of drug-likeness (QED) is 0.787. The second-order valence-corrected chi connectivity index (χ2v) is 6.23. The van der Waals surface area contributed by atoms with Crippen molar-refractivity contribution < 1.29 is 0 Å². The van der Waals surface area contributed by atoms with Crippen LogP contribution >= 0.6 is 27.3 Å². The molecule has 1 nitrogen and oxygen atoms in total. The van der Waals surface area contributed by atoms with Gasteiger partial charge in [0, 0.05) is 20.6 Å². The summed E-state index contributed by atoms with van der Waals surface area (Å²) >= 11 is 5.48. The lowest BCUT2D eigenvalue weighted by atomic mass is 10.1. The van der Waals surface area contributed by atoms with Crippen LogP contribution in [-0.4, -0.2) is 6.54 Å². The van der Waals surface area contributed by atoms with Gasteiger partial charge in [-0.2, -0.15) is 0 Å².